The van der Waals surface area contributed by atoms with E-state index < -0.39 is 0 Å². The van der Waals surface area contributed by atoms with Crippen molar-refractivity contribution in [1.82, 2.24) is 0 Å². The molecule has 0 spiro atoms. The summed E-state index contributed by atoms with van der Waals surface area (Å²) in [5.74, 6) is -0.0731. The smallest absolute Gasteiger partial charge is 0.237 e. The number of aryl methyl sites for hydroxylation is 1. The molecule has 2 rings (SSSR count). The second-order valence-corrected chi connectivity index (χ2v) is 5.18. The summed E-state index contributed by atoms with van der Waals surface area (Å²) in [6.07, 6.45) is 0.627. The van der Waals surface area contributed by atoms with Gasteiger partial charge in [0, 0.05) is 5.69 Å². The monoisotopic (exact) mass is 271 g/mol. The van der Waals surface area contributed by atoms with E-state index in [0.717, 1.165) is 11.3 Å². The fraction of sp³-hybridized carbons (Fsp3) is 0.188. The Bertz CT molecular complexity index is 536. The summed E-state index contributed by atoms with van der Waals surface area (Å²) in [5.41, 5.74) is 3.09. The van der Waals surface area contributed by atoms with Gasteiger partial charge in [-0.25, -0.2) is 0 Å². The number of carbonyl (C=O) groups excluding carboxylic acids is 1. The van der Waals surface area contributed by atoms with Crippen LogP contribution in [-0.2, 0) is 11.2 Å². The minimum Gasteiger partial charge on any atom is -0.325 e. The molecule has 1 N–H and O–H groups in total. The third-order valence-electron chi connectivity index (χ3n) is 2.89. The maximum Gasteiger partial charge on any atom is 0.237 e. The molecular formula is C16H17NOS. The molecule has 0 aliphatic rings. The molecule has 0 saturated heterocycles. The summed E-state index contributed by atoms with van der Waals surface area (Å²) < 4.78 is 0. The van der Waals surface area contributed by atoms with Crippen molar-refractivity contribution in [3.63, 3.8) is 0 Å². The number of hydrogen-bond acceptors (Lipinski definition) is 2. The Morgan fingerprint density at radius 1 is 1.11 bits per heavy atom. The molecule has 1 amide bonds. The molecule has 2 nitrogen and oxygen atoms in total. The molecule has 2 aromatic carbocycles. The van der Waals surface area contributed by atoms with Gasteiger partial charge in [0.25, 0.3) is 0 Å². The standard InChI is InChI=1S/C16H17NOS/c1-12-7-9-14(10-8-12)17-16(18)15(19)11-13-5-3-2-4-6-13/h2-10,15,19H,11H2,1H3,(H,17,18). The molecule has 1 atom stereocenters. The van der Waals surface area contributed by atoms with Crippen molar-refractivity contribution < 1.29 is 4.79 Å². The molecule has 1 unspecified atom stereocenters. The molecule has 2 aromatic rings. The van der Waals surface area contributed by atoms with Gasteiger partial charge in [0.2, 0.25) is 5.91 Å². The normalized spacial score (nSPS) is 11.9. The average molecular weight is 271 g/mol. The molecule has 0 aliphatic heterocycles. The number of anilines is 1. The Morgan fingerprint density at radius 2 is 1.74 bits per heavy atom. The predicted molar refractivity (Wildman–Crippen MR) is 82.7 cm³/mol. The topological polar surface area (TPSA) is 29.1 Å². The lowest BCUT2D eigenvalue weighted by molar-refractivity contribution is -0.115. The van der Waals surface area contributed by atoms with E-state index in [2.05, 4.69) is 17.9 Å². The lowest BCUT2D eigenvalue weighted by Crippen LogP contribution is -2.25. The zero-order valence-corrected chi connectivity index (χ0v) is 11.7. The van der Waals surface area contributed by atoms with Crippen molar-refractivity contribution in [2.45, 2.75) is 18.6 Å². The summed E-state index contributed by atoms with van der Waals surface area (Å²) >= 11 is 4.37. The summed E-state index contributed by atoms with van der Waals surface area (Å²) in [4.78, 5) is 12.0. The zero-order chi connectivity index (χ0) is 13.7. The van der Waals surface area contributed by atoms with Crippen LogP contribution in [0.2, 0.25) is 0 Å². The first kappa shape index (κ1) is 13.7. The van der Waals surface area contributed by atoms with Gasteiger partial charge < -0.3 is 5.32 Å². The van der Waals surface area contributed by atoms with Gasteiger partial charge >= 0.3 is 0 Å². The van der Waals surface area contributed by atoms with E-state index in [1.54, 1.807) is 0 Å². The third-order valence-corrected chi connectivity index (χ3v) is 3.31. The highest BCUT2D eigenvalue weighted by Gasteiger charge is 2.14. The lowest BCUT2D eigenvalue weighted by atomic mass is 10.1. The van der Waals surface area contributed by atoms with Crippen LogP contribution in [0.1, 0.15) is 11.1 Å². The molecule has 3 heteroatoms. The van der Waals surface area contributed by atoms with Crippen molar-refractivity contribution in [1.29, 1.82) is 0 Å². The van der Waals surface area contributed by atoms with Gasteiger partial charge in [-0.05, 0) is 31.0 Å². The van der Waals surface area contributed by atoms with Crippen LogP contribution in [0.3, 0.4) is 0 Å². The van der Waals surface area contributed by atoms with Gasteiger partial charge in [0.15, 0.2) is 0 Å². The molecule has 98 valence electrons. The van der Waals surface area contributed by atoms with E-state index in [-0.39, 0.29) is 11.2 Å². The predicted octanol–water partition coefficient (Wildman–Crippen LogP) is 3.47. The fourth-order valence-corrected chi connectivity index (χ4v) is 2.07. The number of rotatable bonds is 4. The van der Waals surface area contributed by atoms with Gasteiger partial charge in [-0.2, -0.15) is 12.6 Å². The summed E-state index contributed by atoms with van der Waals surface area (Å²) in [6.45, 7) is 2.02. The minimum absolute atomic E-state index is 0.0731. The average Bonchev–Trinajstić information content (AvgIpc) is 2.42. The summed E-state index contributed by atoms with van der Waals surface area (Å²) in [6, 6.07) is 17.6. The molecule has 0 fully saturated rings. The maximum atomic E-state index is 12.0. The summed E-state index contributed by atoms with van der Waals surface area (Å²) in [5, 5.41) is 2.53. The Hall–Kier alpha value is -1.74. The first-order chi connectivity index (χ1) is 9.15. The third kappa shape index (κ3) is 4.14. The molecule has 19 heavy (non-hydrogen) atoms. The second-order valence-electron chi connectivity index (χ2n) is 4.56. The van der Waals surface area contributed by atoms with Crippen LogP contribution >= 0.6 is 12.6 Å². The van der Waals surface area contributed by atoms with E-state index in [4.69, 9.17) is 0 Å². The van der Waals surface area contributed by atoms with Crippen molar-refractivity contribution in [2.24, 2.45) is 0 Å². The van der Waals surface area contributed by atoms with Crippen molar-refractivity contribution in [3.05, 3.63) is 65.7 Å². The van der Waals surface area contributed by atoms with Crippen LogP contribution in [0, 0.1) is 6.92 Å². The Morgan fingerprint density at radius 3 is 2.37 bits per heavy atom. The van der Waals surface area contributed by atoms with Gasteiger partial charge in [-0.1, -0.05) is 48.0 Å². The highest BCUT2D eigenvalue weighted by Crippen LogP contribution is 2.13. The van der Waals surface area contributed by atoms with Crippen LogP contribution in [0.5, 0.6) is 0 Å². The van der Waals surface area contributed by atoms with E-state index in [0.29, 0.717) is 6.42 Å². The first-order valence-electron chi connectivity index (χ1n) is 6.24. The van der Waals surface area contributed by atoms with Crippen molar-refractivity contribution >= 4 is 24.2 Å². The largest absolute Gasteiger partial charge is 0.325 e. The van der Waals surface area contributed by atoms with Crippen molar-refractivity contribution in [3.8, 4) is 0 Å². The molecule has 0 saturated carbocycles. The summed E-state index contributed by atoms with van der Waals surface area (Å²) in [7, 11) is 0. The molecule has 0 radical (unpaired) electrons. The Kier molecular flexibility index (Phi) is 4.63. The number of benzene rings is 2. The fourth-order valence-electron chi connectivity index (χ4n) is 1.79. The van der Waals surface area contributed by atoms with E-state index >= 15 is 0 Å². The minimum atomic E-state index is -0.344. The SMILES string of the molecule is Cc1ccc(NC(=O)C(S)Cc2ccccc2)cc1. The highest BCUT2D eigenvalue weighted by molar-refractivity contribution is 7.81. The molecular weight excluding hydrogens is 254 g/mol. The van der Waals surface area contributed by atoms with E-state index in [9.17, 15) is 4.79 Å². The van der Waals surface area contributed by atoms with Gasteiger partial charge in [0.05, 0.1) is 5.25 Å². The quantitative estimate of drug-likeness (QED) is 0.819. The number of hydrogen-bond donors (Lipinski definition) is 2. The van der Waals surface area contributed by atoms with Crippen LogP contribution in [0.4, 0.5) is 5.69 Å². The molecule has 0 aliphatic carbocycles. The maximum absolute atomic E-state index is 12.0. The van der Waals surface area contributed by atoms with Crippen molar-refractivity contribution in [2.75, 3.05) is 5.32 Å². The molecule has 0 aromatic heterocycles. The van der Waals surface area contributed by atoms with Gasteiger partial charge in [0.1, 0.15) is 0 Å². The lowest BCUT2D eigenvalue weighted by Gasteiger charge is -2.11. The van der Waals surface area contributed by atoms with Gasteiger partial charge in [-0.3, -0.25) is 4.79 Å². The Balaban J connectivity index is 1.94. The van der Waals surface area contributed by atoms with Crippen LogP contribution in [-0.4, -0.2) is 11.2 Å². The molecule has 0 heterocycles. The van der Waals surface area contributed by atoms with Crippen LogP contribution in [0.25, 0.3) is 0 Å². The first-order valence-corrected chi connectivity index (χ1v) is 6.76. The number of thiol groups is 1. The zero-order valence-electron chi connectivity index (χ0n) is 10.8. The second kappa shape index (κ2) is 6.43. The number of nitrogens with one attached hydrogen (secondary N) is 1. The van der Waals surface area contributed by atoms with Gasteiger partial charge in [-0.15, -0.1) is 0 Å². The number of carbonyl (C=O) groups is 1. The number of amides is 1. The Labute approximate surface area is 119 Å². The van der Waals surface area contributed by atoms with E-state index in [1.165, 1.54) is 5.56 Å². The molecule has 0 bridgehead atoms. The van der Waals surface area contributed by atoms with E-state index in [1.807, 2.05) is 61.5 Å². The van der Waals surface area contributed by atoms with Crippen LogP contribution < -0.4 is 5.32 Å². The van der Waals surface area contributed by atoms with Crippen LogP contribution in [0.15, 0.2) is 54.6 Å². The highest BCUT2D eigenvalue weighted by atomic mass is 32.1.